The average Bonchev–Trinajstić information content (AvgIpc) is 3.40. The topological polar surface area (TPSA) is 94.2 Å². The number of nitrogens with one attached hydrogen (secondary N) is 3. The van der Waals surface area contributed by atoms with E-state index in [0.29, 0.717) is 36.6 Å². The number of aromatic nitrogens is 1. The van der Waals surface area contributed by atoms with Gasteiger partial charge in [0.1, 0.15) is 11.9 Å². The summed E-state index contributed by atoms with van der Waals surface area (Å²) in [5, 5.41) is 15.8. The van der Waals surface area contributed by atoms with Gasteiger partial charge in [0.2, 0.25) is 5.89 Å². The fraction of sp³-hybridized carbons (Fsp3) is 0.250. The van der Waals surface area contributed by atoms with Crippen molar-refractivity contribution in [3.8, 4) is 11.3 Å². The molecule has 0 aliphatic carbocycles. The molecule has 0 saturated carbocycles. The summed E-state index contributed by atoms with van der Waals surface area (Å²) >= 11 is 5.68. The molecular weight excluding hydrogens is 474 g/mol. The van der Waals surface area contributed by atoms with Crippen LogP contribution in [0.2, 0.25) is 0 Å². The number of fused-ring (bicyclic) bond motifs is 1. The Labute approximate surface area is 216 Å². The number of rotatable bonds is 10. The van der Waals surface area contributed by atoms with Crippen molar-refractivity contribution in [3.63, 3.8) is 0 Å². The van der Waals surface area contributed by atoms with Crippen molar-refractivity contribution in [1.29, 1.82) is 5.41 Å². The lowest BCUT2D eigenvalue weighted by molar-refractivity contribution is 0.0927. The summed E-state index contributed by atoms with van der Waals surface area (Å²) in [7, 11) is 4.01. The molecule has 3 aromatic carbocycles. The second-order valence-electron chi connectivity index (χ2n) is 8.78. The molecule has 0 aliphatic heterocycles. The standard InChI is InChI=1S/C28H30ClN5O2/c1-34(2)23-13-12-20-15-22(11-10-21(20)16-23)27(35)33-24(9-6-14-31-26(30)17-29)28-32-18-25(36-28)19-7-4-3-5-8-19/h3-5,7-8,10-13,15-16,18,24H,6,9,14,17H2,1-2H3,(H2,30,31)(H,33,35)/t24-/m0/s1. The summed E-state index contributed by atoms with van der Waals surface area (Å²) in [6.07, 6.45) is 2.96. The molecule has 4 rings (SSSR count). The van der Waals surface area contributed by atoms with Crippen LogP contribution in [0.5, 0.6) is 0 Å². The van der Waals surface area contributed by atoms with Crippen molar-refractivity contribution in [2.75, 3.05) is 31.4 Å². The third kappa shape index (κ3) is 6.23. The Kier molecular flexibility index (Phi) is 8.23. The number of amides is 1. The number of oxazole rings is 1. The number of benzene rings is 3. The van der Waals surface area contributed by atoms with Gasteiger partial charge in [0.05, 0.1) is 12.1 Å². The molecule has 36 heavy (non-hydrogen) atoms. The average molecular weight is 504 g/mol. The molecule has 1 heterocycles. The molecule has 0 unspecified atom stereocenters. The molecule has 4 aromatic rings. The number of halogens is 1. The zero-order valence-electron chi connectivity index (χ0n) is 20.4. The lowest BCUT2D eigenvalue weighted by Crippen LogP contribution is -2.30. The highest BCUT2D eigenvalue weighted by Gasteiger charge is 2.21. The van der Waals surface area contributed by atoms with Crippen molar-refractivity contribution in [3.05, 3.63) is 84.4 Å². The predicted molar refractivity (Wildman–Crippen MR) is 146 cm³/mol. The molecule has 1 amide bonds. The monoisotopic (exact) mass is 503 g/mol. The maximum Gasteiger partial charge on any atom is 0.251 e. The van der Waals surface area contributed by atoms with E-state index in [1.165, 1.54) is 0 Å². The van der Waals surface area contributed by atoms with Crippen LogP contribution in [0.15, 0.2) is 77.3 Å². The van der Waals surface area contributed by atoms with Gasteiger partial charge in [-0.3, -0.25) is 10.2 Å². The molecule has 0 saturated heterocycles. The van der Waals surface area contributed by atoms with Gasteiger partial charge in [0, 0.05) is 37.5 Å². The molecule has 0 fully saturated rings. The number of hydrogen-bond acceptors (Lipinski definition) is 5. The van der Waals surface area contributed by atoms with E-state index in [9.17, 15) is 4.79 Å². The van der Waals surface area contributed by atoms with E-state index < -0.39 is 6.04 Å². The van der Waals surface area contributed by atoms with Crippen molar-refractivity contribution >= 4 is 39.8 Å². The molecule has 186 valence electrons. The predicted octanol–water partition coefficient (Wildman–Crippen LogP) is 5.62. The lowest BCUT2D eigenvalue weighted by atomic mass is 10.0. The zero-order valence-corrected chi connectivity index (χ0v) is 21.2. The number of carbonyl (C=O) groups is 1. The van der Waals surface area contributed by atoms with Gasteiger partial charge in [-0.2, -0.15) is 0 Å². The molecular formula is C28H30ClN5O2. The first-order valence-electron chi connectivity index (χ1n) is 11.8. The van der Waals surface area contributed by atoms with Crippen LogP contribution in [-0.4, -0.2) is 43.2 Å². The summed E-state index contributed by atoms with van der Waals surface area (Å²) in [5.74, 6) is 1.31. The van der Waals surface area contributed by atoms with Crippen LogP contribution >= 0.6 is 11.6 Å². The van der Waals surface area contributed by atoms with Gasteiger partial charge in [-0.15, -0.1) is 11.6 Å². The number of anilines is 1. The summed E-state index contributed by atoms with van der Waals surface area (Å²) in [5.41, 5.74) is 2.60. The van der Waals surface area contributed by atoms with Gasteiger partial charge < -0.3 is 20.0 Å². The highest BCUT2D eigenvalue weighted by molar-refractivity contribution is 6.27. The SMILES string of the molecule is CN(C)c1ccc2cc(C(=O)N[C@@H](CCCNC(=N)CCl)c3ncc(-c4ccccc4)o3)ccc2c1. The van der Waals surface area contributed by atoms with Gasteiger partial charge in [0.15, 0.2) is 5.76 Å². The van der Waals surface area contributed by atoms with E-state index in [1.807, 2.05) is 79.7 Å². The van der Waals surface area contributed by atoms with E-state index in [-0.39, 0.29) is 17.6 Å². The fourth-order valence-electron chi connectivity index (χ4n) is 3.93. The minimum atomic E-state index is -0.422. The van der Waals surface area contributed by atoms with E-state index in [4.69, 9.17) is 21.4 Å². The molecule has 8 heteroatoms. The maximum absolute atomic E-state index is 13.3. The van der Waals surface area contributed by atoms with Crippen LogP contribution < -0.4 is 15.5 Å². The van der Waals surface area contributed by atoms with E-state index in [2.05, 4.69) is 21.7 Å². The van der Waals surface area contributed by atoms with Crippen LogP contribution in [0.3, 0.4) is 0 Å². The van der Waals surface area contributed by atoms with Gasteiger partial charge in [-0.1, -0.05) is 42.5 Å². The van der Waals surface area contributed by atoms with Crippen molar-refractivity contribution in [2.24, 2.45) is 0 Å². The first-order valence-corrected chi connectivity index (χ1v) is 12.4. The first-order chi connectivity index (χ1) is 17.4. The largest absolute Gasteiger partial charge is 0.438 e. The van der Waals surface area contributed by atoms with E-state index in [1.54, 1.807) is 6.20 Å². The van der Waals surface area contributed by atoms with Crippen molar-refractivity contribution in [1.82, 2.24) is 15.6 Å². The van der Waals surface area contributed by atoms with Crippen LogP contribution in [-0.2, 0) is 0 Å². The summed E-state index contributed by atoms with van der Waals surface area (Å²) in [6.45, 7) is 0.564. The molecule has 7 nitrogen and oxygen atoms in total. The van der Waals surface area contributed by atoms with E-state index in [0.717, 1.165) is 22.0 Å². The normalized spacial score (nSPS) is 11.8. The van der Waals surface area contributed by atoms with Crippen molar-refractivity contribution in [2.45, 2.75) is 18.9 Å². The van der Waals surface area contributed by atoms with Gasteiger partial charge in [-0.25, -0.2) is 4.98 Å². The minimum absolute atomic E-state index is 0.137. The molecule has 0 spiro atoms. The quantitative estimate of drug-likeness (QED) is 0.113. The van der Waals surface area contributed by atoms with Crippen LogP contribution in [0.25, 0.3) is 22.1 Å². The van der Waals surface area contributed by atoms with Crippen LogP contribution in [0, 0.1) is 5.41 Å². The van der Waals surface area contributed by atoms with Gasteiger partial charge >= 0.3 is 0 Å². The number of alkyl halides is 1. The lowest BCUT2D eigenvalue weighted by Gasteiger charge is -2.17. The Morgan fingerprint density at radius 3 is 2.58 bits per heavy atom. The summed E-state index contributed by atoms with van der Waals surface area (Å²) in [6, 6.07) is 21.2. The Morgan fingerprint density at radius 1 is 1.08 bits per heavy atom. The minimum Gasteiger partial charge on any atom is -0.438 e. The number of carbonyl (C=O) groups excluding carboxylic acids is 1. The fourth-order valence-corrected chi connectivity index (χ4v) is 4.02. The maximum atomic E-state index is 13.3. The Balaban J connectivity index is 1.53. The number of hydrogen-bond donors (Lipinski definition) is 3. The highest BCUT2D eigenvalue weighted by Crippen LogP contribution is 2.26. The molecule has 3 N–H and O–H groups in total. The number of amidine groups is 1. The van der Waals surface area contributed by atoms with Gasteiger partial charge in [-0.05, 0) is 47.9 Å². The zero-order chi connectivity index (χ0) is 25.5. The summed E-state index contributed by atoms with van der Waals surface area (Å²) in [4.78, 5) is 19.8. The third-order valence-corrected chi connectivity index (χ3v) is 6.20. The highest BCUT2D eigenvalue weighted by atomic mass is 35.5. The second-order valence-corrected chi connectivity index (χ2v) is 9.04. The third-order valence-electron chi connectivity index (χ3n) is 5.93. The smallest absolute Gasteiger partial charge is 0.251 e. The first kappa shape index (κ1) is 25.3. The van der Waals surface area contributed by atoms with Gasteiger partial charge in [0.25, 0.3) is 5.91 Å². The molecule has 1 aromatic heterocycles. The molecule has 0 bridgehead atoms. The summed E-state index contributed by atoms with van der Waals surface area (Å²) < 4.78 is 6.06. The molecule has 0 aliphatic rings. The van der Waals surface area contributed by atoms with Crippen LogP contribution in [0.1, 0.15) is 35.1 Å². The van der Waals surface area contributed by atoms with Crippen molar-refractivity contribution < 1.29 is 9.21 Å². The molecule has 1 atom stereocenters. The second kappa shape index (κ2) is 11.7. The van der Waals surface area contributed by atoms with E-state index >= 15 is 0 Å². The molecule has 0 radical (unpaired) electrons. The Hall–Kier alpha value is -3.84. The number of nitrogens with zero attached hydrogens (tertiary/aromatic N) is 2. The Morgan fingerprint density at radius 2 is 1.83 bits per heavy atom. The van der Waals surface area contributed by atoms with Crippen LogP contribution in [0.4, 0.5) is 5.69 Å². The Bertz CT molecular complexity index is 1340.